The van der Waals surface area contributed by atoms with Crippen molar-refractivity contribution in [3.63, 3.8) is 0 Å². The van der Waals surface area contributed by atoms with Crippen molar-refractivity contribution in [2.24, 2.45) is 5.92 Å². The minimum atomic E-state index is -0.764. The van der Waals surface area contributed by atoms with Crippen LogP contribution in [0.15, 0.2) is 28.7 Å². The smallest absolute Gasteiger partial charge is 0.303 e. The highest BCUT2D eigenvalue weighted by atomic mass is 79.9. The topological polar surface area (TPSA) is 70.1 Å². The predicted octanol–water partition coefficient (Wildman–Crippen LogP) is 2.47. The Morgan fingerprint density at radius 3 is 2.76 bits per heavy atom. The molecule has 6 nitrogen and oxygen atoms in total. The van der Waals surface area contributed by atoms with Crippen molar-refractivity contribution in [1.29, 1.82) is 0 Å². The molecular formula is C18H25BrN2O4. The summed E-state index contributed by atoms with van der Waals surface area (Å²) in [6, 6.07) is 7.58. The second-order valence-corrected chi connectivity index (χ2v) is 7.37. The predicted molar refractivity (Wildman–Crippen MR) is 98.7 cm³/mol. The Labute approximate surface area is 156 Å². The highest BCUT2D eigenvalue weighted by molar-refractivity contribution is 9.10. The number of carboxylic acids is 1. The lowest BCUT2D eigenvalue weighted by molar-refractivity contribution is -0.138. The first-order chi connectivity index (χ1) is 11.9. The molecule has 1 fully saturated rings. The summed E-state index contributed by atoms with van der Waals surface area (Å²) < 4.78 is 6.63. The van der Waals surface area contributed by atoms with Gasteiger partial charge in [0.25, 0.3) is 0 Å². The molecule has 0 spiro atoms. The van der Waals surface area contributed by atoms with Crippen molar-refractivity contribution in [3.8, 4) is 5.75 Å². The van der Waals surface area contributed by atoms with E-state index in [0.717, 1.165) is 29.6 Å². The minimum Gasteiger partial charge on any atom is -0.492 e. The fourth-order valence-electron chi connectivity index (χ4n) is 2.98. The maximum absolute atomic E-state index is 12.3. The Bertz CT molecular complexity index is 579. The zero-order chi connectivity index (χ0) is 18.2. The fraction of sp³-hybridized carbons (Fsp3) is 0.556. The van der Waals surface area contributed by atoms with Crippen LogP contribution in [-0.4, -0.2) is 66.6 Å². The highest BCUT2D eigenvalue weighted by Crippen LogP contribution is 2.19. The first-order valence-electron chi connectivity index (χ1n) is 8.50. The average molecular weight is 413 g/mol. The number of nitrogens with zero attached hydrogens (tertiary/aromatic N) is 2. The maximum Gasteiger partial charge on any atom is 0.303 e. The van der Waals surface area contributed by atoms with Gasteiger partial charge in [0.05, 0.1) is 13.1 Å². The van der Waals surface area contributed by atoms with E-state index in [2.05, 4.69) is 20.8 Å². The molecule has 1 aliphatic heterocycles. The monoisotopic (exact) mass is 412 g/mol. The van der Waals surface area contributed by atoms with E-state index in [9.17, 15) is 9.59 Å². The largest absolute Gasteiger partial charge is 0.492 e. The third-order valence-electron chi connectivity index (χ3n) is 4.36. The van der Waals surface area contributed by atoms with Crippen molar-refractivity contribution >= 4 is 27.8 Å². The lowest BCUT2D eigenvalue weighted by Gasteiger charge is -2.32. The number of piperidine rings is 1. The van der Waals surface area contributed by atoms with Crippen LogP contribution in [0.5, 0.6) is 5.75 Å². The molecule has 0 bridgehead atoms. The molecule has 0 radical (unpaired) electrons. The molecule has 0 aromatic heterocycles. The van der Waals surface area contributed by atoms with Crippen LogP contribution < -0.4 is 4.74 Å². The summed E-state index contributed by atoms with van der Waals surface area (Å²) in [5.74, 6) is 0.192. The van der Waals surface area contributed by atoms with Gasteiger partial charge in [-0.3, -0.25) is 14.5 Å². The molecule has 0 saturated carbocycles. The van der Waals surface area contributed by atoms with E-state index in [1.54, 1.807) is 11.9 Å². The number of likely N-dealkylation sites (N-methyl/N-ethyl adjacent to an activating group) is 1. The molecule has 1 amide bonds. The van der Waals surface area contributed by atoms with Gasteiger partial charge in [-0.2, -0.15) is 0 Å². The SMILES string of the molecule is CN(CCOc1ccc(Br)cc1)C(=O)CN1CCC[C@@H](CC(=O)O)C1. The highest BCUT2D eigenvalue weighted by Gasteiger charge is 2.24. The summed E-state index contributed by atoms with van der Waals surface area (Å²) in [4.78, 5) is 26.9. The molecule has 7 heteroatoms. The van der Waals surface area contributed by atoms with Gasteiger partial charge >= 0.3 is 5.97 Å². The Kier molecular flexibility index (Phi) is 7.71. The summed E-state index contributed by atoms with van der Waals surface area (Å²) in [5.41, 5.74) is 0. The third-order valence-corrected chi connectivity index (χ3v) is 4.89. The Morgan fingerprint density at radius 1 is 1.36 bits per heavy atom. The molecule has 1 aromatic carbocycles. The van der Waals surface area contributed by atoms with E-state index in [0.29, 0.717) is 26.2 Å². The van der Waals surface area contributed by atoms with E-state index in [1.165, 1.54) is 0 Å². The number of benzene rings is 1. The summed E-state index contributed by atoms with van der Waals surface area (Å²) >= 11 is 3.37. The molecule has 1 saturated heterocycles. The molecule has 25 heavy (non-hydrogen) atoms. The van der Waals surface area contributed by atoms with Gasteiger partial charge in [0.15, 0.2) is 0 Å². The van der Waals surface area contributed by atoms with Gasteiger partial charge in [-0.15, -0.1) is 0 Å². The van der Waals surface area contributed by atoms with Crippen molar-refractivity contribution < 1.29 is 19.4 Å². The van der Waals surface area contributed by atoms with Crippen molar-refractivity contribution in [2.45, 2.75) is 19.3 Å². The Hall–Kier alpha value is -1.60. The first kappa shape index (κ1) is 19.7. The second-order valence-electron chi connectivity index (χ2n) is 6.46. The van der Waals surface area contributed by atoms with Crippen molar-refractivity contribution in [3.05, 3.63) is 28.7 Å². The van der Waals surface area contributed by atoms with Crippen LogP contribution >= 0.6 is 15.9 Å². The molecule has 1 atom stereocenters. The minimum absolute atomic E-state index is 0.0374. The van der Waals surface area contributed by atoms with Crippen LogP contribution in [0.25, 0.3) is 0 Å². The number of hydrogen-bond donors (Lipinski definition) is 1. The Morgan fingerprint density at radius 2 is 2.08 bits per heavy atom. The first-order valence-corrected chi connectivity index (χ1v) is 9.30. The molecule has 1 aliphatic rings. The Balaban J connectivity index is 1.70. The summed E-state index contributed by atoms with van der Waals surface area (Å²) in [6.07, 6.45) is 2.05. The number of carbonyl (C=O) groups excluding carboxylic acids is 1. The van der Waals surface area contributed by atoms with Crippen molar-refractivity contribution in [1.82, 2.24) is 9.80 Å². The standard InChI is InChI=1S/C18H25BrN2O4/c1-20(9-10-25-16-6-4-15(19)5-7-16)17(22)13-21-8-2-3-14(12-21)11-18(23)24/h4-7,14H,2-3,8-13H2,1H3,(H,23,24)/t14-/m0/s1. The van der Waals surface area contributed by atoms with E-state index >= 15 is 0 Å². The molecule has 138 valence electrons. The van der Waals surface area contributed by atoms with Crippen LogP contribution in [0.1, 0.15) is 19.3 Å². The number of hydrogen-bond acceptors (Lipinski definition) is 4. The normalized spacial score (nSPS) is 17.9. The average Bonchev–Trinajstić information content (AvgIpc) is 2.56. The quantitative estimate of drug-likeness (QED) is 0.709. The van der Waals surface area contributed by atoms with Gasteiger partial charge in [0.1, 0.15) is 12.4 Å². The molecule has 0 unspecified atom stereocenters. The molecule has 1 N–H and O–H groups in total. The van der Waals surface area contributed by atoms with Gasteiger partial charge in [-0.1, -0.05) is 15.9 Å². The maximum atomic E-state index is 12.3. The lowest BCUT2D eigenvalue weighted by atomic mass is 9.95. The van der Waals surface area contributed by atoms with Gasteiger partial charge in [-0.05, 0) is 49.6 Å². The van der Waals surface area contributed by atoms with Gasteiger partial charge in [0, 0.05) is 24.5 Å². The number of carboxylic acid groups (broad SMARTS) is 1. The zero-order valence-electron chi connectivity index (χ0n) is 14.5. The molecule has 1 aromatic rings. The number of aliphatic carboxylic acids is 1. The summed E-state index contributed by atoms with van der Waals surface area (Å²) in [7, 11) is 1.77. The van der Waals surface area contributed by atoms with Crippen LogP contribution in [0.4, 0.5) is 0 Å². The van der Waals surface area contributed by atoms with Gasteiger partial charge < -0.3 is 14.7 Å². The number of halogens is 1. The fourth-order valence-corrected chi connectivity index (χ4v) is 3.24. The zero-order valence-corrected chi connectivity index (χ0v) is 16.1. The third kappa shape index (κ3) is 7.04. The lowest BCUT2D eigenvalue weighted by Crippen LogP contribution is -2.44. The van der Waals surface area contributed by atoms with Gasteiger partial charge in [0.2, 0.25) is 5.91 Å². The number of carbonyl (C=O) groups is 2. The van der Waals surface area contributed by atoms with Gasteiger partial charge in [-0.25, -0.2) is 0 Å². The summed E-state index contributed by atoms with van der Waals surface area (Å²) in [6.45, 7) is 2.82. The van der Waals surface area contributed by atoms with Crippen LogP contribution in [0.3, 0.4) is 0 Å². The van der Waals surface area contributed by atoms with Crippen LogP contribution in [0.2, 0.25) is 0 Å². The number of ether oxygens (including phenoxy) is 1. The molecule has 1 heterocycles. The summed E-state index contributed by atoms with van der Waals surface area (Å²) in [5, 5.41) is 8.92. The number of amides is 1. The molecule has 2 rings (SSSR count). The van der Waals surface area contributed by atoms with E-state index < -0.39 is 5.97 Å². The molecular weight excluding hydrogens is 388 g/mol. The number of rotatable bonds is 8. The second kappa shape index (κ2) is 9.77. The van der Waals surface area contributed by atoms with Crippen LogP contribution in [-0.2, 0) is 9.59 Å². The van der Waals surface area contributed by atoms with E-state index in [-0.39, 0.29) is 18.2 Å². The van der Waals surface area contributed by atoms with Crippen molar-refractivity contribution in [2.75, 3.05) is 39.8 Å². The van der Waals surface area contributed by atoms with Crippen LogP contribution in [0, 0.1) is 5.92 Å². The molecule has 0 aliphatic carbocycles. The number of likely N-dealkylation sites (tertiary alicyclic amines) is 1. The van der Waals surface area contributed by atoms with E-state index in [1.807, 2.05) is 24.3 Å². The van der Waals surface area contributed by atoms with E-state index in [4.69, 9.17) is 9.84 Å².